The normalized spacial score (nSPS) is 17.4. The van der Waals surface area contributed by atoms with Gasteiger partial charge in [0.2, 0.25) is 0 Å². The Bertz CT molecular complexity index is 1720. The Hall–Kier alpha value is -4.15. The van der Waals surface area contributed by atoms with Crippen LogP contribution in [-0.4, -0.2) is 37.8 Å². The second-order valence-electron chi connectivity index (χ2n) is 13.7. The molecule has 0 aliphatic carbocycles. The Kier molecular flexibility index (Phi) is 7.99. The van der Waals surface area contributed by atoms with Gasteiger partial charge in [0, 0.05) is 18.3 Å². The van der Waals surface area contributed by atoms with Crippen LogP contribution < -0.4 is 0 Å². The van der Waals surface area contributed by atoms with Crippen LogP contribution >= 0.6 is 0 Å². The van der Waals surface area contributed by atoms with Crippen molar-refractivity contribution in [3.8, 4) is 22.3 Å². The number of rotatable bonds is 6. The van der Waals surface area contributed by atoms with Crippen LogP contribution in [0.3, 0.4) is 0 Å². The van der Waals surface area contributed by atoms with E-state index in [1.807, 2.05) is 43.3 Å². The fraction of sp³-hybridized carbons (Fsp3) is 0.268. The highest BCUT2D eigenvalue weighted by molar-refractivity contribution is 5.68. The van der Waals surface area contributed by atoms with Crippen molar-refractivity contribution in [1.29, 1.82) is 0 Å². The van der Waals surface area contributed by atoms with Crippen molar-refractivity contribution >= 4 is 0 Å². The number of benzene rings is 5. The van der Waals surface area contributed by atoms with Gasteiger partial charge in [-0.15, -0.1) is 0 Å². The van der Waals surface area contributed by atoms with Gasteiger partial charge in [-0.2, -0.15) is 13.2 Å². The molecule has 0 saturated carbocycles. The van der Waals surface area contributed by atoms with Crippen molar-refractivity contribution in [2.75, 3.05) is 27.2 Å². The van der Waals surface area contributed by atoms with Gasteiger partial charge in [0.25, 0.3) is 0 Å². The van der Waals surface area contributed by atoms with Gasteiger partial charge in [-0.25, -0.2) is 0 Å². The summed E-state index contributed by atoms with van der Waals surface area (Å²) in [4.78, 5) is 0. The summed E-state index contributed by atoms with van der Waals surface area (Å²) in [5.41, 5.74) is 4.62. The second-order valence-corrected chi connectivity index (χ2v) is 13.7. The minimum atomic E-state index is -4.59. The first-order valence-electron chi connectivity index (χ1n) is 15.7. The van der Waals surface area contributed by atoms with E-state index < -0.39 is 11.6 Å². The van der Waals surface area contributed by atoms with E-state index in [-0.39, 0.29) is 22.1 Å². The minimum Gasteiger partial charge on any atom is -0.328 e. The molecule has 1 unspecified atom stereocenters. The number of nitrogens with zero attached hydrogens (tertiary/aromatic N) is 1. The van der Waals surface area contributed by atoms with Gasteiger partial charge in [-0.1, -0.05) is 140 Å². The van der Waals surface area contributed by atoms with Crippen LogP contribution in [-0.2, 0) is 10.8 Å². The summed E-state index contributed by atoms with van der Waals surface area (Å²) in [6.07, 6.45) is -2.32. The van der Waals surface area contributed by atoms with Crippen LogP contribution in [0, 0.1) is 6.92 Å². The molecular weight excluding hydrogens is 563 g/mol. The van der Waals surface area contributed by atoms with E-state index in [1.165, 1.54) is 5.56 Å². The number of quaternary nitrogens is 1. The second kappa shape index (κ2) is 11.7. The summed E-state index contributed by atoms with van der Waals surface area (Å²) >= 11 is 0. The zero-order valence-corrected chi connectivity index (χ0v) is 26.5. The molecule has 1 heterocycles. The Morgan fingerprint density at radius 1 is 0.533 bits per heavy atom. The molecule has 0 spiro atoms. The van der Waals surface area contributed by atoms with Gasteiger partial charge < -0.3 is 4.48 Å². The van der Waals surface area contributed by atoms with Crippen molar-refractivity contribution < 1.29 is 17.7 Å². The van der Waals surface area contributed by atoms with Crippen LogP contribution in [0.1, 0.15) is 47.6 Å². The van der Waals surface area contributed by atoms with Gasteiger partial charge >= 0.3 is 6.18 Å². The zero-order chi connectivity index (χ0) is 31.9. The molecule has 1 fully saturated rings. The number of hydrogen-bond acceptors (Lipinski definition) is 0. The van der Waals surface area contributed by atoms with Gasteiger partial charge in [0.1, 0.15) is 5.41 Å². The number of alkyl halides is 3. The van der Waals surface area contributed by atoms with E-state index in [1.54, 1.807) is 66.7 Å². The monoisotopic (exact) mass is 604 g/mol. The Balaban J connectivity index is 1.37. The van der Waals surface area contributed by atoms with Crippen LogP contribution in [0.4, 0.5) is 13.2 Å². The van der Waals surface area contributed by atoms with Gasteiger partial charge in [0.15, 0.2) is 0 Å². The highest BCUT2D eigenvalue weighted by atomic mass is 19.4. The lowest BCUT2D eigenvalue weighted by Gasteiger charge is -2.43. The third-order valence-electron chi connectivity index (χ3n) is 10.1. The molecule has 230 valence electrons. The van der Waals surface area contributed by atoms with E-state index in [2.05, 4.69) is 45.3 Å². The Morgan fingerprint density at radius 3 is 1.33 bits per heavy atom. The SMILES string of the molecule is Cc1ccc(-c2ccc(C(c3ccccc3)(c3ccc(-c4ccc(C5(C)CC[N+](C)(C)CC5)cc4)cc3)C(F)(F)F)cc2)cc1. The van der Waals surface area contributed by atoms with Crippen molar-refractivity contribution in [2.45, 2.75) is 43.7 Å². The predicted octanol–water partition coefficient (Wildman–Crippen LogP) is 10.4. The molecule has 1 saturated heterocycles. The van der Waals surface area contributed by atoms with Crippen LogP contribution in [0.25, 0.3) is 22.3 Å². The van der Waals surface area contributed by atoms with E-state index in [0.29, 0.717) is 0 Å². The molecule has 0 radical (unpaired) electrons. The summed E-state index contributed by atoms with van der Waals surface area (Å²) in [6.45, 7) is 6.67. The predicted molar refractivity (Wildman–Crippen MR) is 179 cm³/mol. The lowest BCUT2D eigenvalue weighted by Crippen LogP contribution is -2.50. The van der Waals surface area contributed by atoms with E-state index in [4.69, 9.17) is 0 Å². The fourth-order valence-corrected chi connectivity index (χ4v) is 6.94. The van der Waals surface area contributed by atoms with Gasteiger partial charge in [0.05, 0.1) is 27.2 Å². The number of halogens is 3. The lowest BCUT2D eigenvalue weighted by atomic mass is 9.68. The maximum atomic E-state index is 15.6. The van der Waals surface area contributed by atoms with Crippen LogP contribution in [0.5, 0.6) is 0 Å². The molecule has 0 N–H and O–H groups in total. The number of likely N-dealkylation sites (tertiary alicyclic amines) is 1. The summed E-state index contributed by atoms with van der Waals surface area (Å²) in [7, 11) is 4.58. The molecule has 45 heavy (non-hydrogen) atoms. The highest BCUT2D eigenvalue weighted by Crippen LogP contribution is 2.51. The summed E-state index contributed by atoms with van der Waals surface area (Å²) in [6, 6.07) is 38.8. The molecular formula is C41H41F3N+. The van der Waals surface area contributed by atoms with Gasteiger partial charge in [-0.3, -0.25) is 0 Å². The number of hydrogen-bond donors (Lipinski definition) is 0. The first-order chi connectivity index (χ1) is 21.4. The van der Waals surface area contributed by atoms with Crippen molar-refractivity contribution in [2.24, 2.45) is 0 Å². The molecule has 0 amide bonds. The number of piperidine rings is 1. The molecule has 1 aliphatic heterocycles. The fourth-order valence-electron chi connectivity index (χ4n) is 6.94. The molecule has 4 heteroatoms. The largest absolute Gasteiger partial charge is 0.406 e. The zero-order valence-electron chi connectivity index (χ0n) is 26.5. The molecule has 5 aromatic carbocycles. The molecule has 1 atom stereocenters. The standard InChI is InChI=1S/C41H41F3N/c1-30-10-12-31(13-11-30)33-16-22-37(23-17-33)40(41(42,43)44,36-8-6-5-7-9-36)38-24-18-34(19-25-38)32-14-20-35(21-15-32)39(2)26-28-45(3,4)29-27-39/h5-25H,26-29H2,1-4H3/q+1. The first kappa shape index (κ1) is 30.9. The van der Waals surface area contributed by atoms with Crippen molar-refractivity contribution in [1.82, 2.24) is 0 Å². The van der Waals surface area contributed by atoms with E-state index >= 15 is 13.2 Å². The third-order valence-corrected chi connectivity index (χ3v) is 10.1. The summed E-state index contributed by atoms with van der Waals surface area (Å²) < 4.78 is 47.9. The Morgan fingerprint density at radius 2 is 0.911 bits per heavy atom. The number of aryl methyl sites for hydroxylation is 1. The van der Waals surface area contributed by atoms with E-state index in [0.717, 1.165) is 58.2 Å². The topological polar surface area (TPSA) is 0 Å². The molecule has 0 bridgehead atoms. The van der Waals surface area contributed by atoms with Crippen LogP contribution in [0.2, 0.25) is 0 Å². The Labute approximate surface area is 265 Å². The molecule has 1 aliphatic rings. The average Bonchev–Trinajstić information content (AvgIpc) is 3.04. The van der Waals surface area contributed by atoms with Crippen LogP contribution in [0.15, 0.2) is 127 Å². The van der Waals surface area contributed by atoms with Crippen molar-refractivity contribution in [3.05, 3.63) is 155 Å². The summed E-state index contributed by atoms with van der Waals surface area (Å²) in [5.74, 6) is 0. The van der Waals surface area contributed by atoms with Gasteiger partial charge in [-0.05, 0) is 51.4 Å². The van der Waals surface area contributed by atoms with Crippen molar-refractivity contribution in [3.63, 3.8) is 0 Å². The average molecular weight is 605 g/mol. The smallest absolute Gasteiger partial charge is 0.328 e. The quantitative estimate of drug-likeness (QED) is 0.134. The highest BCUT2D eigenvalue weighted by Gasteiger charge is 2.58. The summed E-state index contributed by atoms with van der Waals surface area (Å²) in [5, 5.41) is 0. The molecule has 6 rings (SSSR count). The maximum absolute atomic E-state index is 15.6. The lowest BCUT2D eigenvalue weighted by molar-refractivity contribution is -0.896. The third kappa shape index (κ3) is 5.84. The maximum Gasteiger partial charge on any atom is 0.406 e. The molecule has 1 nitrogen and oxygen atoms in total. The minimum absolute atomic E-state index is 0.146. The molecule has 5 aromatic rings. The molecule has 0 aromatic heterocycles. The first-order valence-corrected chi connectivity index (χ1v) is 15.7. The van der Waals surface area contributed by atoms with E-state index in [9.17, 15) is 0 Å².